The number of hydrogen-bond donors (Lipinski definition) is 2. The molecule has 0 aliphatic carbocycles. The molecule has 2 aliphatic rings. The Bertz CT molecular complexity index is 727. The average Bonchev–Trinajstić information content (AvgIpc) is 3.10. The van der Waals surface area contributed by atoms with Crippen molar-refractivity contribution in [1.29, 1.82) is 0 Å². The zero-order valence-corrected chi connectivity index (χ0v) is 15.0. The molecule has 1 unspecified atom stereocenters. The van der Waals surface area contributed by atoms with Gasteiger partial charge in [-0.15, -0.1) is 0 Å². The van der Waals surface area contributed by atoms with Crippen molar-refractivity contribution in [3.63, 3.8) is 0 Å². The average molecular weight is 340 g/mol. The molecule has 0 amide bonds. The van der Waals surface area contributed by atoms with E-state index in [0.29, 0.717) is 5.75 Å². The summed E-state index contributed by atoms with van der Waals surface area (Å²) in [7, 11) is 2.05. The molecule has 2 N–H and O–H groups in total. The minimum Gasteiger partial charge on any atom is -0.508 e. The van der Waals surface area contributed by atoms with Crippen molar-refractivity contribution in [3.05, 3.63) is 30.5 Å². The number of fused-ring (bicyclic) bond motifs is 1. The number of anilines is 1. The second kappa shape index (κ2) is 7.18. The second-order valence-electron chi connectivity index (χ2n) is 7.50. The Balaban J connectivity index is 1.39. The summed E-state index contributed by atoms with van der Waals surface area (Å²) in [4.78, 5) is 9.70. The van der Waals surface area contributed by atoms with Crippen LogP contribution in [0.5, 0.6) is 5.75 Å². The van der Waals surface area contributed by atoms with E-state index in [-0.39, 0.29) is 0 Å². The van der Waals surface area contributed by atoms with Crippen LogP contribution in [0.2, 0.25) is 0 Å². The Morgan fingerprint density at radius 3 is 2.80 bits per heavy atom. The van der Waals surface area contributed by atoms with E-state index in [1.54, 1.807) is 12.1 Å². The van der Waals surface area contributed by atoms with Crippen molar-refractivity contribution in [2.75, 3.05) is 44.7 Å². The monoisotopic (exact) mass is 340 g/mol. The van der Waals surface area contributed by atoms with Crippen LogP contribution in [0.3, 0.4) is 0 Å². The molecule has 2 aliphatic heterocycles. The van der Waals surface area contributed by atoms with E-state index in [0.717, 1.165) is 42.5 Å². The highest BCUT2D eigenvalue weighted by molar-refractivity contribution is 5.83. The van der Waals surface area contributed by atoms with Gasteiger partial charge in [-0.2, -0.15) is 0 Å². The van der Waals surface area contributed by atoms with Crippen LogP contribution in [0.1, 0.15) is 19.3 Å². The normalized spacial score (nSPS) is 22.8. The molecule has 25 heavy (non-hydrogen) atoms. The van der Waals surface area contributed by atoms with Gasteiger partial charge in [0.2, 0.25) is 0 Å². The lowest BCUT2D eigenvalue weighted by Gasteiger charge is -2.38. The molecule has 0 spiro atoms. The van der Waals surface area contributed by atoms with Crippen LogP contribution in [-0.2, 0) is 0 Å². The number of piperidine rings is 1. The maximum atomic E-state index is 9.70. The standard InChI is InChI=1S/C20H28N4O/c1-21-12-15-4-7-24(14-15)17-5-8-23(9-6-17)18-10-16-11-19(25)2-3-20(16)22-13-18/h2-3,10-11,13,15,17,21,25H,4-9,12,14H2,1H3. The van der Waals surface area contributed by atoms with E-state index in [1.807, 2.05) is 12.3 Å². The number of nitrogens with one attached hydrogen (secondary N) is 1. The van der Waals surface area contributed by atoms with Crippen molar-refractivity contribution < 1.29 is 5.11 Å². The number of rotatable bonds is 4. The molecule has 1 aromatic heterocycles. The number of likely N-dealkylation sites (tertiary alicyclic amines) is 1. The van der Waals surface area contributed by atoms with Crippen LogP contribution in [-0.4, -0.2) is 60.8 Å². The molecule has 3 heterocycles. The second-order valence-corrected chi connectivity index (χ2v) is 7.50. The maximum absolute atomic E-state index is 9.70. The molecule has 4 rings (SSSR count). The Kier molecular flexibility index (Phi) is 4.77. The zero-order valence-electron chi connectivity index (χ0n) is 15.0. The van der Waals surface area contributed by atoms with Crippen molar-refractivity contribution in [2.24, 2.45) is 5.92 Å². The predicted octanol–water partition coefficient (Wildman–Crippen LogP) is 2.45. The van der Waals surface area contributed by atoms with Gasteiger partial charge >= 0.3 is 0 Å². The molecular formula is C20H28N4O. The number of phenolic OH excluding ortho intramolecular Hbond substituents is 1. The van der Waals surface area contributed by atoms with Crippen LogP contribution >= 0.6 is 0 Å². The van der Waals surface area contributed by atoms with Gasteiger partial charge in [0.1, 0.15) is 5.75 Å². The minimum absolute atomic E-state index is 0.301. The minimum atomic E-state index is 0.301. The van der Waals surface area contributed by atoms with Gasteiger partial charge in [0.05, 0.1) is 17.4 Å². The molecule has 0 bridgehead atoms. The maximum Gasteiger partial charge on any atom is 0.116 e. The molecule has 5 nitrogen and oxygen atoms in total. The SMILES string of the molecule is CNCC1CCN(C2CCN(c3cnc4ccc(O)cc4c3)CC2)C1. The molecule has 1 atom stereocenters. The summed E-state index contributed by atoms with van der Waals surface area (Å²) >= 11 is 0. The highest BCUT2D eigenvalue weighted by Crippen LogP contribution is 2.28. The lowest BCUT2D eigenvalue weighted by molar-refractivity contribution is 0.200. The zero-order chi connectivity index (χ0) is 17.2. The summed E-state index contributed by atoms with van der Waals surface area (Å²) in [5.74, 6) is 1.12. The van der Waals surface area contributed by atoms with Crippen LogP contribution in [0.15, 0.2) is 30.5 Å². The Labute approximate surface area is 149 Å². The van der Waals surface area contributed by atoms with Gasteiger partial charge in [0, 0.05) is 31.1 Å². The number of phenols is 1. The van der Waals surface area contributed by atoms with Crippen LogP contribution < -0.4 is 10.2 Å². The third-order valence-corrected chi connectivity index (χ3v) is 5.81. The predicted molar refractivity (Wildman–Crippen MR) is 102 cm³/mol. The van der Waals surface area contributed by atoms with E-state index < -0.39 is 0 Å². The van der Waals surface area contributed by atoms with E-state index in [4.69, 9.17) is 0 Å². The van der Waals surface area contributed by atoms with Gasteiger partial charge in [0.15, 0.2) is 0 Å². The lowest BCUT2D eigenvalue weighted by atomic mass is 10.0. The Morgan fingerprint density at radius 1 is 1.16 bits per heavy atom. The first-order valence-electron chi connectivity index (χ1n) is 9.45. The van der Waals surface area contributed by atoms with E-state index >= 15 is 0 Å². The third kappa shape index (κ3) is 3.58. The molecule has 2 aromatic rings. The van der Waals surface area contributed by atoms with Gasteiger partial charge in [0.25, 0.3) is 0 Å². The molecule has 5 heteroatoms. The molecule has 2 fully saturated rings. The van der Waals surface area contributed by atoms with Crippen molar-refractivity contribution in [2.45, 2.75) is 25.3 Å². The molecule has 0 saturated carbocycles. The van der Waals surface area contributed by atoms with Crippen molar-refractivity contribution in [1.82, 2.24) is 15.2 Å². The van der Waals surface area contributed by atoms with E-state index in [2.05, 4.69) is 33.2 Å². The molecule has 1 aromatic carbocycles. The number of nitrogens with zero attached hydrogens (tertiary/aromatic N) is 3. The van der Waals surface area contributed by atoms with Crippen molar-refractivity contribution >= 4 is 16.6 Å². The highest BCUT2D eigenvalue weighted by Gasteiger charge is 2.30. The Morgan fingerprint density at radius 2 is 2.00 bits per heavy atom. The van der Waals surface area contributed by atoms with Gasteiger partial charge in [-0.3, -0.25) is 9.88 Å². The Hall–Kier alpha value is -1.85. The fourth-order valence-corrected chi connectivity index (χ4v) is 4.42. The van der Waals surface area contributed by atoms with Gasteiger partial charge in [-0.05, 0) is 69.6 Å². The fraction of sp³-hybridized carbons (Fsp3) is 0.550. The summed E-state index contributed by atoms with van der Waals surface area (Å²) in [5.41, 5.74) is 2.11. The molecule has 134 valence electrons. The number of benzene rings is 1. The molecule has 2 saturated heterocycles. The summed E-state index contributed by atoms with van der Waals surface area (Å²) in [5, 5.41) is 14.0. The fourth-order valence-electron chi connectivity index (χ4n) is 4.42. The number of pyridine rings is 1. The van der Waals surface area contributed by atoms with Crippen molar-refractivity contribution in [3.8, 4) is 5.75 Å². The summed E-state index contributed by atoms with van der Waals surface area (Å²) in [6.07, 6.45) is 5.76. The van der Waals surface area contributed by atoms with E-state index in [1.165, 1.54) is 38.0 Å². The van der Waals surface area contributed by atoms with Crippen LogP contribution in [0.4, 0.5) is 5.69 Å². The largest absolute Gasteiger partial charge is 0.508 e. The number of aromatic hydroxyl groups is 1. The van der Waals surface area contributed by atoms with Crippen LogP contribution in [0, 0.1) is 5.92 Å². The number of hydrogen-bond acceptors (Lipinski definition) is 5. The molecular weight excluding hydrogens is 312 g/mol. The first-order chi connectivity index (χ1) is 12.2. The number of aromatic nitrogens is 1. The topological polar surface area (TPSA) is 51.6 Å². The highest BCUT2D eigenvalue weighted by atomic mass is 16.3. The first kappa shape index (κ1) is 16.6. The van der Waals surface area contributed by atoms with E-state index in [9.17, 15) is 5.11 Å². The van der Waals surface area contributed by atoms with Gasteiger partial charge in [-0.1, -0.05) is 0 Å². The first-order valence-corrected chi connectivity index (χ1v) is 9.45. The van der Waals surface area contributed by atoms with Gasteiger partial charge in [-0.25, -0.2) is 0 Å². The smallest absolute Gasteiger partial charge is 0.116 e. The van der Waals surface area contributed by atoms with Crippen LogP contribution in [0.25, 0.3) is 10.9 Å². The van der Waals surface area contributed by atoms with Gasteiger partial charge < -0.3 is 15.3 Å². The lowest BCUT2D eigenvalue weighted by Crippen LogP contribution is -2.44. The summed E-state index contributed by atoms with van der Waals surface area (Å²) in [6, 6.07) is 8.25. The molecule has 0 radical (unpaired) electrons. The third-order valence-electron chi connectivity index (χ3n) is 5.81. The quantitative estimate of drug-likeness (QED) is 0.895. The summed E-state index contributed by atoms with van der Waals surface area (Å²) < 4.78 is 0. The summed E-state index contributed by atoms with van der Waals surface area (Å²) in [6.45, 7) is 5.83.